The SMILES string of the molecule is C[C@H](O)CNC1CC(c2ccccc2F)C1. The molecule has 0 unspecified atom stereocenters. The molecule has 1 aromatic carbocycles. The van der Waals surface area contributed by atoms with Crippen molar-refractivity contribution in [1.29, 1.82) is 0 Å². The number of aliphatic hydroxyl groups is 1. The van der Waals surface area contributed by atoms with Crippen LogP contribution < -0.4 is 5.32 Å². The third-order valence-corrected chi connectivity index (χ3v) is 3.19. The Morgan fingerprint density at radius 3 is 2.75 bits per heavy atom. The highest BCUT2D eigenvalue weighted by Crippen LogP contribution is 2.37. The standard InChI is InChI=1S/C13H18FNO/c1-9(16)8-15-11-6-10(7-11)12-4-2-3-5-13(12)14/h2-5,9-11,15-16H,6-8H2,1H3/t9-,10?,11?/m0/s1. The van der Waals surface area contributed by atoms with Crippen LogP contribution in [0.5, 0.6) is 0 Å². The van der Waals surface area contributed by atoms with Gasteiger partial charge in [-0.3, -0.25) is 0 Å². The van der Waals surface area contributed by atoms with E-state index in [-0.39, 0.29) is 11.9 Å². The zero-order chi connectivity index (χ0) is 11.5. The topological polar surface area (TPSA) is 32.3 Å². The number of aliphatic hydroxyl groups excluding tert-OH is 1. The molecule has 16 heavy (non-hydrogen) atoms. The quantitative estimate of drug-likeness (QED) is 0.818. The molecule has 1 fully saturated rings. The van der Waals surface area contributed by atoms with Crippen LogP contribution >= 0.6 is 0 Å². The van der Waals surface area contributed by atoms with E-state index in [0.29, 0.717) is 18.5 Å². The van der Waals surface area contributed by atoms with Crippen molar-refractivity contribution in [3.63, 3.8) is 0 Å². The summed E-state index contributed by atoms with van der Waals surface area (Å²) in [5.74, 6) is 0.245. The Hall–Kier alpha value is -0.930. The zero-order valence-electron chi connectivity index (χ0n) is 9.49. The lowest BCUT2D eigenvalue weighted by molar-refractivity contribution is 0.171. The third kappa shape index (κ3) is 2.60. The second-order valence-corrected chi connectivity index (χ2v) is 4.64. The average Bonchev–Trinajstić information content (AvgIpc) is 2.17. The minimum absolute atomic E-state index is 0.0959. The van der Waals surface area contributed by atoms with E-state index in [0.717, 1.165) is 18.4 Å². The minimum atomic E-state index is -0.312. The highest BCUT2D eigenvalue weighted by Gasteiger charge is 2.31. The Morgan fingerprint density at radius 1 is 1.44 bits per heavy atom. The monoisotopic (exact) mass is 223 g/mol. The molecule has 88 valence electrons. The molecule has 1 atom stereocenters. The van der Waals surface area contributed by atoms with E-state index in [1.54, 1.807) is 13.0 Å². The van der Waals surface area contributed by atoms with E-state index < -0.39 is 0 Å². The molecule has 0 amide bonds. The van der Waals surface area contributed by atoms with Gasteiger partial charge in [0, 0.05) is 12.6 Å². The van der Waals surface area contributed by atoms with Crippen molar-refractivity contribution in [1.82, 2.24) is 5.32 Å². The minimum Gasteiger partial charge on any atom is -0.392 e. The number of rotatable bonds is 4. The van der Waals surface area contributed by atoms with Gasteiger partial charge >= 0.3 is 0 Å². The molecular weight excluding hydrogens is 205 g/mol. The van der Waals surface area contributed by atoms with Crippen molar-refractivity contribution in [3.8, 4) is 0 Å². The fraction of sp³-hybridized carbons (Fsp3) is 0.538. The number of hydrogen-bond acceptors (Lipinski definition) is 2. The molecule has 0 saturated heterocycles. The molecule has 1 aliphatic carbocycles. The van der Waals surface area contributed by atoms with Gasteiger partial charge in [0.15, 0.2) is 0 Å². The molecule has 0 radical (unpaired) electrons. The Balaban J connectivity index is 1.82. The predicted molar refractivity (Wildman–Crippen MR) is 61.8 cm³/mol. The lowest BCUT2D eigenvalue weighted by Crippen LogP contribution is -2.43. The van der Waals surface area contributed by atoms with Crippen molar-refractivity contribution in [2.24, 2.45) is 0 Å². The Labute approximate surface area is 95.5 Å². The van der Waals surface area contributed by atoms with Gasteiger partial charge in [0.2, 0.25) is 0 Å². The van der Waals surface area contributed by atoms with E-state index in [4.69, 9.17) is 5.11 Å². The average molecular weight is 223 g/mol. The highest BCUT2D eigenvalue weighted by atomic mass is 19.1. The van der Waals surface area contributed by atoms with Gasteiger partial charge in [-0.25, -0.2) is 4.39 Å². The Kier molecular flexibility index (Phi) is 3.56. The summed E-state index contributed by atoms with van der Waals surface area (Å²) in [6.07, 6.45) is 1.62. The van der Waals surface area contributed by atoms with Crippen LogP contribution in [-0.4, -0.2) is 23.8 Å². The fourth-order valence-electron chi connectivity index (χ4n) is 2.18. The molecule has 0 aliphatic heterocycles. The highest BCUT2D eigenvalue weighted by molar-refractivity contribution is 5.24. The summed E-state index contributed by atoms with van der Waals surface area (Å²) in [6.45, 7) is 2.38. The predicted octanol–water partition coefficient (Wildman–Crippen LogP) is 2.04. The van der Waals surface area contributed by atoms with E-state index >= 15 is 0 Å². The van der Waals surface area contributed by atoms with Crippen LogP contribution in [0, 0.1) is 5.82 Å². The molecular formula is C13H18FNO. The first-order chi connectivity index (χ1) is 7.66. The maximum absolute atomic E-state index is 13.4. The molecule has 2 N–H and O–H groups in total. The normalized spacial score (nSPS) is 26.2. The molecule has 0 aromatic heterocycles. The molecule has 1 aliphatic rings. The molecule has 0 heterocycles. The molecule has 3 heteroatoms. The summed E-state index contributed by atoms with van der Waals surface area (Å²) in [7, 11) is 0. The van der Waals surface area contributed by atoms with Crippen molar-refractivity contribution < 1.29 is 9.50 Å². The number of nitrogens with one attached hydrogen (secondary N) is 1. The van der Waals surface area contributed by atoms with Crippen LogP contribution in [-0.2, 0) is 0 Å². The summed E-state index contributed by atoms with van der Waals surface area (Å²) >= 11 is 0. The van der Waals surface area contributed by atoms with E-state index in [1.807, 2.05) is 12.1 Å². The molecule has 2 rings (SSSR count). The van der Waals surface area contributed by atoms with Gasteiger partial charge in [-0.05, 0) is 37.3 Å². The van der Waals surface area contributed by atoms with Crippen molar-refractivity contribution in [2.45, 2.75) is 37.8 Å². The first-order valence-electron chi connectivity index (χ1n) is 5.82. The smallest absolute Gasteiger partial charge is 0.126 e. The van der Waals surface area contributed by atoms with Crippen LogP contribution in [0.15, 0.2) is 24.3 Å². The van der Waals surface area contributed by atoms with Crippen molar-refractivity contribution in [2.75, 3.05) is 6.54 Å². The van der Waals surface area contributed by atoms with Crippen LogP contribution in [0.1, 0.15) is 31.2 Å². The van der Waals surface area contributed by atoms with Crippen molar-refractivity contribution in [3.05, 3.63) is 35.6 Å². The first kappa shape index (κ1) is 11.6. The zero-order valence-corrected chi connectivity index (χ0v) is 9.49. The number of halogens is 1. The van der Waals surface area contributed by atoms with Gasteiger partial charge in [0.25, 0.3) is 0 Å². The Bertz CT molecular complexity index is 348. The molecule has 1 saturated carbocycles. The van der Waals surface area contributed by atoms with Crippen molar-refractivity contribution >= 4 is 0 Å². The van der Waals surface area contributed by atoms with Crippen LogP contribution in [0.3, 0.4) is 0 Å². The maximum atomic E-state index is 13.4. The van der Waals surface area contributed by atoms with Gasteiger partial charge in [0.1, 0.15) is 5.82 Å². The molecule has 2 nitrogen and oxygen atoms in total. The summed E-state index contributed by atoms with van der Waals surface area (Å²) in [6, 6.07) is 7.42. The second kappa shape index (κ2) is 4.93. The third-order valence-electron chi connectivity index (χ3n) is 3.19. The summed E-state index contributed by atoms with van der Waals surface area (Å²) in [4.78, 5) is 0. The molecule has 0 bridgehead atoms. The summed E-state index contributed by atoms with van der Waals surface area (Å²) < 4.78 is 13.4. The van der Waals surface area contributed by atoms with E-state index in [9.17, 15) is 4.39 Å². The van der Waals surface area contributed by atoms with Crippen LogP contribution in [0.2, 0.25) is 0 Å². The Morgan fingerprint density at radius 2 is 2.12 bits per heavy atom. The van der Waals surface area contributed by atoms with Crippen LogP contribution in [0.25, 0.3) is 0 Å². The summed E-state index contributed by atoms with van der Waals surface area (Å²) in [5, 5.41) is 12.4. The van der Waals surface area contributed by atoms with E-state index in [2.05, 4.69) is 5.32 Å². The molecule has 1 aromatic rings. The van der Waals surface area contributed by atoms with E-state index in [1.165, 1.54) is 6.07 Å². The van der Waals surface area contributed by atoms with Gasteiger partial charge in [-0.2, -0.15) is 0 Å². The molecule has 0 spiro atoms. The first-order valence-corrected chi connectivity index (χ1v) is 5.82. The number of benzene rings is 1. The maximum Gasteiger partial charge on any atom is 0.126 e. The lowest BCUT2D eigenvalue weighted by Gasteiger charge is -2.36. The van der Waals surface area contributed by atoms with Gasteiger partial charge in [-0.15, -0.1) is 0 Å². The largest absolute Gasteiger partial charge is 0.392 e. The second-order valence-electron chi connectivity index (χ2n) is 4.64. The number of hydrogen-bond donors (Lipinski definition) is 2. The summed E-state index contributed by atoms with van der Waals surface area (Å²) in [5.41, 5.74) is 0.831. The fourth-order valence-corrected chi connectivity index (χ4v) is 2.18. The van der Waals surface area contributed by atoms with Gasteiger partial charge in [-0.1, -0.05) is 18.2 Å². The lowest BCUT2D eigenvalue weighted by atomic mass is 9.75. The van der Waals surface area contributed by atoms with Crippen LogP contribution in [0.4, 0.5) is 4.39 Å². The van der Waals surface area contributed by atoms with Gasteiger partial charge < -0.3 is 10.4 Å². The van der Waals surface area contributed by atoms with Gasteiger partial charge in [0.05, 0.1) is 6.10 Å².